The van der Waals surface area contributed by atoms with E-state index in [0.717, 1.165) is 77.0 Å². The van der Waals surface area contributed by atoms with Crippen LogP contribution in [0.4, 0.5) is 0 Å². The van der Waals surface area contributed by atoms with Crippen molar-refractivity contribution in [3.8, 4) is 0 Å². The fraction of sp³-hybridized carbons (Fsp3) is 0.770. The molecule has 1 unspecified atom stereocenters. The van der Waals surface area contributed by atoms with E-state index in [2.05, 4.69) is 93.7 Å². The molecule has 0 aromatic rings. The molecule has 0 spiro atoms. The number of carbonyl (C=O) groups is 2. The first kappa shape index (κ1) is 63.3. The minimum absolute atomic E-state index is 0.0758. The van der Waals surface area contributed by atoms with Gasteiger partial charge in [0.15, 0.2) is 6.10 Å². The van der Waals surface area contributed by atoms with Crippen LogP contribution in [0.1, 0.15) is 278 Å². The van der Waals surface area contributed by atoms with E-state index < -0.39 is 6.10 Å². The van der Waals surface area contributed by atoms with Crippen molar-refractivity contribution in [3.63, 3.8) is 0 Å². The Morgan fingerprint density at radius 1 is 0.348 bits per heavy atom. The van der Waals surface area contributed by atoms with E-state index in [1.807, 2.05) is 0 Å². The van der Waals surface area contributed by atoms with E-state index >= 15 is 0 Å². The predicted molar refractivity (Wildman–Crippen MR) is 288 cm³/mol. The van der Waals surface area contributed by atoms with Crippen molar-refractivity contribution in [1.29, 1.82) is 0 Å². The topological polar surface area (TPSA) is 61.8 Å². The summed E-state index contributed by atoms with van der Waals surface area (Å²) < 4.78 is 17.5. The monoisotopic (exact) mass is 921 g/mol. The summed E-state index contributed by atoms with van der Waals surface area (Å²) in [5.74, 6) is -0.404. The Morgan fingerprint density at radius 2 is 0.682 bits per heavy atom. The van der Waals surface area contributed by atoms with Crippen molar-refractivity contribution in [3.05, 3.63) is 72.9 Å². The Hall–Kier alpha value is -2.66. The fourth-order valence-corrected chi connectivity index (χ4v) is 8.00. The van der Waals surface area contributed by atoms with Crippen LogP contribution in [0.3, 0.4) is 0 Å². The second-order valence-electron chi connectivity index (χ2n) is 18.8. The second-order valence-corrected chi connectivity index (χ2v) is 18.8. The molecule has 0 aromatic carbocycles. The Kier molecular flexibility index (Phi) is 54.4. The van der Waals surface area contributed by atoms with Gasteiger partial charge in [-0.05, 0) is 89.9 Å². The normalized spacial score (nSPS) is 12.7. The van der Waals surface area contributed by atoms with Crippen molar-refractivity contribution in [2.24, 2.45) is 0 Å². The molecule has 0 saturated carbocycles. The van der Waals surface area contributed by atoms with Crippen LogP contribution in [0, 0.1) is 0 Å². The molecular formula is C61H108O5. The van der Waals surface area contributed by atoms with Gasteiger partial charge in [0.05, 0.1) is 6.61 Å². The minimum Gasteiger partial charge on any atom is -0.462 e. The van der Waals surface area contributed by atoms with Crippen molar-refractivity contribution >= 4 is 11.9 Å². The highest BCUT2D eigenvalue weighted by atomic mass is 16.6. The molecule has 0 N–H and O–H groups in total. The molecule has 5 nitrogen and oxygen atoms in total. The van der Waals surface area contributed by atoms with E-state index in [-0.39, 0.29) is 25.2 Å². The number of rotatable bonds is 52. The summed E-state index contributed by atoms with van der Waals surface area (Å²) >= 11 is 0. The molecule has 1 atom stereocenters. The number of ether oxygens (including phenoxy) is 3. The average Bonchev–Trinajstić information content (AvgIpc) is 3.32. The summed E-state index contributed by atoms with van der Waals surface area (Å²) in [7, 11) is 0. The van der Waals surface area contributed by atoms with Gasteiger partial charge in [0.25, 0.3) is 0 Å². The number of hydrogen-bond acceptors (Lipinski definition) is 5. The standard InChI is InChI=1S/C61H108O5/c1-4-7-10-13-16-19-22-25-27-29-31-32-34-37-39-42-45-48-51-54-60(62)65-58-59(66-61(63)55-52-49-46-43-40-36-24-21-18-15-12-9-6-3)57-64-56-53-50-47-44-41-38-35-33-30-28-26-23-20-17-14-11-8-5-2/h8,11,16-17,19-20,25-28,33,35,59H,4-7,9-10,12-15,18,21-24,29-32,34,36-58H2,1-3H3/b11-8-,19-16-,20-17-,27-25-,28-26-,35-33-. The minimum atomic E-state index is -0.548. The third-order valence-electron chi connectivity index (χ3n) is 12.2. The van der Waals surface area contributed by atoms with Crippen molar-refractivity contribution in [2.75, 3.05) is 19.8 Å². The molecule has 0 aliphatic heterocycles. The van der Waals surface area contributed by atoms with Gasteiger partial charge in [-0.3, -0.25) is 9.59 Å². The zero-order chi connectivity index (χ0) is 47.7. The van der Waals surface area contributed by atoms with Crippen LogP contribution >= 0.6 is 0 Å². The largest absolute Gasteiger partial charge is 0.462 e. The van der Waals surface area contributed by atoms with Gasteiger partial charge in [-0.15, -0.1) is 0 Å². The highest BCUT2D eigenvalue weighted by molar-refractivity contribution is 5.70. The maximum atomic E-state index is 12.8. The van der Waals surface area contributed by atoms with Crippen LogP contribution in [0.2, 0.25) is 0 Å². The van der Waals surface area contributed by atoms with E-state index in [1.165, 1.54) is 167 Å². The SMILES string of the molecule is CC/C=C\C/C=C\C/C=C\C/C=C\CCCCCCCOCC(COC(=O)CCCCCCCCCCC/C=C\C/C=C\CCCCC)OC(=O)CCCCCCCCCCCCCCC. The van der Waals surface area contributed by atoms with Gasteiger partial charge >= 0.3 is 11.9 Å². The van der Waals surface area contributed by atoms with Gasteiger partial charge in [0.1, 0.15) is 6.61 Å². The third-order valence-corrected chi connectivity index (χ3v) is 12.2. The van der Waals surface area contributed by atoms with E-state index in [1.54, 1.807) is 0 Å². The summed E-state index contributed by atoms with van der Waals surface area (Å²) in [6.45, 7) is 7.68. The Balaban J connectivity index is 4.28. The molecule has 0 radical (unpaired) electrons. The molecule has 0 aliphatic rings. The molecule has 382 valence electrons. The maximum absolute atomic E-state index is 12.8. The molecule has 0 aromatic heterocycles. The number of carbonyl (C=O) groups excluding carboxylic acids is 2. The van der Waals surface area contributed by atoms with Gasteiger partial charge in [0.2, 0.25) is 0 Å². The maximum Gasteiger partial charge on any atom is 0.306 e. The molecule has 5 heteroatoms. The molecule has 0 rings (SSSR count). The zero-order valence-electron chi connectivity index (χ0n) is 44.0. The predicted octanol–water partition coefficient (Wildman–Crippen LogP) is 19.5. The van der Waals surface area contributed by atoms with Crippen LogP contribution in [0.25, 0.3) is 0 Å². The van der Waals surface area contributed by atoms with Gasteiger partial charge < -0.3 is 14.2 Å². The molecule has 0 saturated heterocycles. The van der Waals surface area contributed by atoms with E-state index in [0.29, 0.717) is 19.4 Å². The van der Waals surface area contributed by atoms with Crippen LogP contribution in [0.5, 0.6) is 0 Å². The summed E-state index contributed by atoms with van der Waals surface area (Å²) in [6.07, 6.45) is 73.4. The molecular weight excluding hydrogens is 813 g/mol. The molecule has 0 amide bonds. The lowest BCUT2D eigenvalue weighted by Gasteiger charge is -2.18. The number of allylic oxidation sites excluding steroid dienone is 12. The first-order valence-corrected chi connectivity index (χ1v) is 28.5. The smallest absolute Gasteiger partial charge is 0.306 e. The summed E-state index contributed by atoms with van der Waals surface area (Å²) in [6, 6.07) is 0. The fourth-order valence-electron chi connectivity index (χ4n) is 8.00. The quantitative estimate of drug-likeness (QED) is 0.0346. The summed E-state index contributed by atoms with van der Waals surface area (Å²) in [4.78, 5) is 25.5. The number of unbranched alkanes of at least 4 members (excludes halogenated alkanes) is 29. The van der Waals surface area contributed by atoms with Crippen molar-refractivity contribution in [1.82, 2.24) is 0 Å². The second kappa shape index (κ2) is 56.7. The lowest BCUT2D eigenvalue weighted by molar-refractivity contribution is -0.163. The van der Waals surface area contributed by atoms with E-state index in [4.69, 9.17) is 14.2 Å². The first-order chi connectivity index (χ1) is 32.6. The zero-order valence-corrected chi connectivity index (χ0v) is 44.0. The van der Waals surface area contributed by atoms with Crippen LogP contribution in [-0.4, -0.2) is 37.9 Å². The first-order valence-electron chi connectivity index (χ1n) is 28.5. The van der Waals surface area contributed by atoms with Gasteiger partial charge in [-0.1, -0.05) is 248 Å². The van der Waals surface area contributed by atoms with Gasteiger partial charge in [0, 0.05) is 19.4 Å². The van der Waals surface area contributed by atoms with Crippen LogP contribution in [0.15, 0.2) is 72.9 Å². The highest BCUT2D eigenvalue weighted by Gasteiger charge is 2.17. The molecule has 0 aliphatic carbocycles. The lowest BCUT2D eigenvalue weighted by atomic mass is 10.0. The summed E-state index contributed by atoms with van der Waals surface area (Å²) in [5, 5.41) is 0. The van der Waals surface area contributed by atoms with Gasteiger partial charge in [-0.25, -0.2) is 0 Å². The van der Waals surface area contributed by atoms with E-state index in [9.17, 15) is 9.59 Å². The molecule has 66 heavy (non-hydrogen) atoms. The van der Waals surface area contributed by atoms with Crippen molar-refractivity contribution in [2.45, 2.75) is 284 Å². The Morgan fingerprint density at radius 3 is 1.12 bits per heavy atom. The van der Waals surface area contributed by atoms with Crippen LogP contribution < -0.4 is 0 Å². The molecule has 0 heterocycles. The average molecular weight is 922 g/mol. The Bertz CT molecular complexity index is 1180. The van der Waals surface area contributed by atoms with Crippen molar-refractivity contribution < 1.29 is 23.8 Å². The number of esters is 2. The molecule has 0 bridgehead atoms. The highest BCUT2D eigenvalue weighted by Crippen LogP contribution is 2.15. The lowest BCUT2D eigenvalue weighted by Crippen LogP contribution is -2.30. The molecule has 0 fully saturated rings. The van der Waals surface area contributed by atoms with Gasteiger partial charge in [-0.2, -0.15) is 0 Å². The van der Waals surface area contributed by atoms with Crippen LogP contribution in [-0.2, 0) is 23.8 Å². The number of hydrogen-bond donors (Lipinski definition) is 0. The Labute approximate surface area is 410 Å². The summed E-state index contributed by atoms with van der Waals surface area (Å²) in [5.41, 5.74) is 0. The third kappa shape index (κ3) is 54.0.